The molecule has 0 radical (unpaired) electrons. The number of fused-ring (bicyclic) bond motifs is 1. The summed E-state index contributed by atoms with van der Waals surface area (Å²) in [4.78, 5) is 12.6. The summed E-state index contributed by atoms with van der Waals surface area (Å²) >= 11 is 6.92. The molecule has 1 amide bonds. The monoisotopic (exact) mass is 407 g/mol. The minimum Gasteiger partial charge on any atom is -0.324 e. The van der Waals surface area contributed by atoms with Crippen molar-refractivity contribution >= 4 is 43.5 Å². The Morgan fingerprint density at radius 3 is 2.81 bits per heavy atom. The Morgan fingerprint density at radius 1 is 1.14 bits per heavy atom. The normalized spacial score (nSPS) is 17.1. The zero-order chi connectivity index (χ0) is 14.8. The van der Waals surface area contributed by atoms with Crippen LogP contribution < -0.4 is 5.32 Å². The van der Waals surface area contributed by atoms with Crippen molar-refractivity contribution < 1.29 is 4.79 Å². The first-order chi connectivity index (χ1) is 10.1. The molecule has 0 fully saturated rings. The highest BCUT2D eigenvalue weighted by molar-refractivity contribution is 9.11. The first-order valence-electron chi connectivity index (χ1n) is 6.99. The van der Waals surface area contributed by atoms with Crippen LogP contribution in [0.2, 0.25) is 0 Å². The van der Waals surface area contributed by atoms with Gasteiger partial charge >= 0.3 is 0 Å². The van der Waals surface area contributed by atoms with Gasteiger partial charge in [0.1, 0.15) is 0 Å². The molecule has 2 aromatic rings. The number of halogens is 2. The first kappa shape index (κ1) is 14.8. The lowest BCUT2D eigenvalue weighted by Crippen LogP contribution is -2.24. The van der Waals surface area contributed by atoms with Crippen LogP contribution in [0.15, 0.2) is 51.4 Å². The molecule has 1 aliphatic carbocycles. The molecule has 2 nitrogen and oxygen atoms in total. The molecular weight excluding hydrogens is 394 g/mol. The van der Waals surface area contributed by atoms with E-state index in [4.69, 9.17) is 0 Å². The summed E-state index contributed by atoms with van der Waals surface area (Å²) in [5.74, 6) is 0.0155. The second-order valence-electron chi connectivity index (χ2n) is 5.26. The second kappa shape index (κ2) is 6.32. The third kappa shape index (κ3) is 3.22. The Hall–Kier alpha value is -1.13. The molecule has 0 aromatic heterocycles. The molecule has 0 heterocycles. The van der Waals surface area contributed by atoms with E-state index in [1.807, 2.05) is 30.3 Å². The van der Waals surface area contributed by atoms with Crippen molar-refractivity contribution in [2.24, 2.45) is 0 Å². The summed E-state index contributed by atoms with van der Waals surface area (Å²) in [5, 5.41) is 3.05. The van der Waals surface area contributed by atoms with Crippen LogP contribution in [0.4, 0.5) is 5.69 Å². The predicted molar refractivity (Wildman–Crippen MR) is 92.6 cm³/mol. The van der Waals surface area contributed by atoms with Crippen molar-refractivity contribution in [3.63, 3.8) is 0 Å². The highest BCUT2D eigenvalue weighted by Gasteiger charge is 2.26. The summed E-state index contributed by atoms with van der Waals surface area (Å²) in [6.07, 6.45) is 3.05. The third-order valence-electron chi connectivity index (χ3n) is 3.87. The summed E-state index contributed by atoms with van der Waals surface area (Å²) in [7, 11) is 0. The molecular formula is C17H15Br2NO. The predicted octanol–water partition coefficient (Wildman–Crippen LogP) is 5.27. The van der Waals surface area contributed by atoms with Crippen molar-refractivity contribution in [3.8, 4) is 0 Å². The Morgan fingerprint density at radius 2 is 1.95 bits per heavy atom. The van der Waals surface area contributed by atoms with Crippen molar-refractivity contribution in [2.45, 2.75) is 25.2 Å². The van der Waals surface area contributed by atoms with Crippen LogP contribution in [0.25, 0.3) is 0 Å². The van der Waals surface area contributed by atoms with Gasteiger partial charge in [-0.25, -0.2) is 0 Å². The molecule has 1 unspecified atom stereocenters. The van der Waals surface area contributed by atoms with Crippen LogP contribution in [-0.4, -0.2) is 5.91 Å². The molecule has 1 aliphatic rings. The Balaban J connectivity index is 1.85. The van der Waals surface area contributed by atoms with Gasteiger partial charge in [-0.05, 0) is 64.5 Å². The molecule has 1 N–H and O–H groups in total. The summed E-state index contributed by atoms with van der Waals surface area (Å²) in [5.41, 5.74) is 3.28. The van der Waals surface area contributed by atoms with Crippen LogP contribution in [0.1, 0.15) is 29.9 Å². The number of nitrogens with one attached hydrogen (secondary N) is 1. The van der Waals surface area contributed by atoms with Gasteiger partial charge in [0.2, 0.25) is 5.91 Å². The average molecular weight is 409 g/mol. The Bertz CT molecular complexity index is 684. The zero-order valence-electron chi connectivity index (χ0n) is 11.4. The number of anilines is 1. The van der Waals surface area contributed by atoms with Crippen molar-refractivity contribution in [1.82, 2.24) is 0 Å². The molecule has 3 rings (SSSR count). The minimum absolute atomic E-state index is 0.0548. The standard InChI is InChI=1S/C17H15Br2NO/c18-12-8-9-15(19)16(10-12)20-17(21)14-7-3-5-11-4-1-2-6-13(11)14/h1-2,4,6,8-10,14H,3,5,7H2,(H,20,21). The summed E-state index contributed by atoms with van der Waals surface area (Å²) < 4.78 is 1.84. The maximum absolute atomic E-state index is 12.6. The van der Waals surface area contributed by atoms with Gasteiger partial charge in [-0.2, -0.15) is 0 Å². The van der Waals surface area contributed by atoms with E-state index in [0.717, 1.165) is 33.9 Å². The largest absolute Gasteiger partial charge is 0.324 e. The number of hydrogen-bond acceptors (Lipinski definition) is 1. The van der Waals surface area contributed by atoms with Crippen LogP contribution >= 0.6 is 31.9 Å². The van der Waals surface area contributed by atoms with E-state index in [1.165, 1.54) is 11.1 Å². The molecule has 0 spiro atoms. The van der Waals surface area contributed by atoms with E-state index in [2.05, 4.69) is 49.3 Å². The number of aryl methyl sites for hydroxylation is 1. The zero-order valence-corrected chi connectivity index (χ0v) is 14.6. The fourth-order valence-corrected chi connectivity index (χ4v) is 3.55. The van der Waals surface area contributed by atoms with Gasteiger partial charge in [-0.15, -0.1) is 0 Å². The maximum Gasteiger partial charge on any atom is 0.231 e. The van der Waals surface area contributed by atoms with E-state index in [0.29, 0.717) is 0 Å². The lowest BCUT2D eigenvalue weighted by Gasteiger charge is -2.24. The highest BCUT2D eigenvalue weighted by atomic mass is 79.9. The van der Waals surface area contributed by atoms with Gasteiger partial charge in [0.05, 0.1) is 11.6 Å². The molecule has 2 aromatic carbocycles. The highest BCUT2D eigenvalue weighted by Crippen LogP contribution is 2.33. The van der Waals surface area contributed by atoms with Crippen LogP contribution in [-0.2, 0) is 11.2 Å². The van der Waals surface area contributed by atoms with Gasteiger partial charge in [0, 0.05) is 8.95 Å². The molecule has 4 heteroatoms. The topological polar surface area (TPSA) is 29.1 Å². The summed E-state index contributed by atoms with van der Waals surface area (Å²) in [6, 6.07) is 14.0. The van der Waals surface area contributed by atoms with Crippen LogP contribution in [0.3, 0.4) is 0 Å². The maximum atomic E-state index is 12.6. The second-order valence-corrected chi connectivity index (χ2v) is 7.03. The van der Waals surface area contributed by atoms with Crippen molar-refractivity contribution in [2.75, 3.05) is 5.32 Å². The van der Waals surface area contributed by atoms with Crippen molar-refractivity contribution in [1.29, 1.82) is 0 Å². The van der Waals surface area contributed by atoms with Gasteiger partial charge < -0.3 is 5.32 Å². The SMILES string of the molecule is O=C(Nc1cc(Br)ccc1Br)C1CCCc2ccccc21. The third-order valence-corrected chi connectivity index (χ3v) is 5.06. The van der Waals surface area contributed by atoms with Crippen molar-refractivity contribution in [3.05, 3.63) is 62.5 Å². The van der Waals surface area contributed by atoms with Crippen LogP contribution in [0.5, 0.6) is 0 Å². The average Bonchev–Trinajstić information content (AvgIpc) is 2.50. The molecule has 0 saturated heterocycles. The molecule has 0 saturated carbocycles. The molecule has 0 aliphatic heterocycles. The number of hydrogen-bond donors (Lipinski definition) is 1. The molecule has 0 bridgehead atoms. The van der Waals surface area contributed by atoms with E-state index < -0.39 is 0 Å². The smallest absolute Gasteiger partial charge is 0.231 e. The first-order valence-corrected chi connectivity index (χ1v) is 8.57. The lowest BCUT2D eigenvalue weighted by atomic mass is 9.82. The van der Waals surface area contributed by atoms with Crippen LogP contribution in [0, 0.1) is 0 Å². The number of benzene rings is 2. The lowest BCUT2D eigenvalue weighted by molar-refractivity contribution is -0.117. The number of carbonyl (C=O) groups excluding carboxylic acids is 1. The van der Waals surface area contributed by atoms with Gasteiger partial charge in [-0.3, -0.25) is 4.79 Å². The quantitative estimate of drug-likeness (QED) is 0.720. The number of carbonyl (C=O) groups is 1. The summed E-state index contributed by atoms with van der Waals surface area (Å²) in [6.45, 7) is 0. The van der Waals surface area contributed by atoms with Gasteiger partial charge in [-0.1, -0.05) is 40.2 Å². The molecule has 108 valence electrons. The number of amides is 1. The molecule has 1 atom stereocenters. The number of rotatable bonds is 2. The van der Waals surface area contributed by atoms with E-state index >= 15 is 0 Å². The van der Waals surface area contributed by atoms with E-state index in [9.17, 15) is 4.79 Å². The Labute approximate surface area is 141 Å². The Kier molecular flexibility index (Phi) is 4.45. The van der Waals surface area contributed by atoms with E-state index in [-0.39, 0.29) is 11.8 Å². The fourth-order valence-electron chi connectivity index (χ4n) is 2.84. The fraction of sp³-hybridized carbons (Fsp3) is 0.235. The molecule has 21 heavy (non-hydrogen) atoms. The van der Waals surface area contributed by atoms with Gasteiger partial charge in [0.15, 0.2) is 0 Å². The van der Waals surface area contributed by atoms with E-state index in [1.54, 1.807) is 0 Å². The minimum atomic E-state index is -0.0548. The van der Waals surface area contributed by atoms with Gasteiger partial charge in [0.25, 0.3) is 0 Å².